The Kier molecular flexibility index (Phi) is 12.1. The van der Waals surface area contributed by atoms with Crippen molar-refractivity contribution >= 4 is 23.5 Å². The number of Topliss-reactive ketones (excluding diaryl/α,β-unsaturated/α-hetero) is 2. The molecule has 52 heavy (non-hydrogen) atoms. The van der Waals surface area contributed by atoms with Crippen LogP contribution >= 0.6 is 0 Å². The average Bonchev–Trinajstić information content (AvgIpc) is 3.84. The maximum atomic E-state index is 14.9. The number of hydrogen-bond donors (Lipinski definition) is 6. The molecule has 0 radical (unpaired) electrons. The summed E-state index contributed by atoms with van der Waals surface area (Å²) in [6.45, 7) is 10.6. The Morgan fingerprint density at radius 2 is 2.00 bits per heavy atom. The maximum Gasteiger partial charge on any atom is 0.350 e. The van der Waals surface area contributed by atoms with Crippen LogP contribution in [0.25, 0.3) is 0 Å². The molecule has 0 spiro atoms. The topological polar surface area (TPSA) is 184 Å². The van der Waals surface area contributed by atoms with Crippen LogP contribution in [0.4, 0.5) is 0 Å². The van der Waals surface area contributed by atoms with Crippen molar-refractivity contribution in [3.05, 3.63) is 35.5 Å². The Labute approximate surface area is 310 Å². The van der Waals surface area contributed by atoms with E-state index in [4.69, 9.17) is 20.9 Å². The van der Waals surface area contributed by atoms with Crippen molar-refractivity contribution < 1.29 is 39.5 Å². The predicted molar refractivity (Wildman–Crippen MR) is 199 cm³/mol. The second-order valence-electron chi connectivity index (χ2n) is 17.3. The monoisotopic (exact) mass is 724 g/mol. The van der Waals surface area contributed by atoms with Gasteiger partial charge in [-0.3, -0.25) is 31.4 Å². The number of ketones is 2. The highest BCUT2D eigenvalue weighted by Gasteiger charge is 2.87. The van der Waals surface area contributed by atoms with Gasteiger partial charge in [-0.1, -0.05) is 44.1 Å². The molecule has 4 aliphatic carbocycles. The molecule has 0 aromatic heterocycles. The molecular formula is C41H67N6O5+3. The van der Waals surface area contributed by atoms with E-state index in [2.05, 4.69) is 59.9 Å². The lowest BCUT2D eigenvalue weighted by Gasteiger charge is -2.42. The summed E-state index contributed by atoms with van der Waals surface area (Å²) in [6.07, 6.45) is 18.0. The summed E-state index contributed by atoms with van der Waals surface area (Å²) in [7, 11) is 1.79. The van der Waals surface area contributed by atoms with E-state index < -0.39 is 29.0 Å². The fourth-order valence-electron chi connectivity index (χ4n) is 10.6. The SMILES string of the molecule is CC[NH2+]C1C=C2C=CCCC2CC1COC(=O)C12OC1(CC=C(C)CC(NC(N)=[NH+]C)C1CC[NH2+]C(N)C1)C(=O)C1CCCC(CC(C)C)C1C2=O. The molecule has 0 aromatic carbocycles. The van der Waals surface area contributed by atoms with Gasteiger partial charge in [-0.2, -0.15) is 0 Å². The molecular weight excluding hydrogens is 656 g/mol. The number of rotatable bonds is 13. The highest BCUT2D eigenvalue weighted by Crippen LogP contribution is 2.62. The minimum absolute atomic E-state index is 0.0385. The molecule has 6 rings (SSSR count). The molecule has 6 aliphatic rings. The number of epoxide rings is 1. The van der Waals surface area contributed by atoms with Crippen LogP contribution in [-0.4, -0.2) is 79.7 Å². The molecule has 2 saturated heterocycles. The Hall–Kier alpha value is -2.86. The first-order valence-electron chi connectivity index (χ1n) is 20.4. The number of likely N-dealkylation sites (N-methyl/N-ethyl adjacent to an activating group) is 1. The van der Waals surface area contributed by atoms with E-state index in [0.717, 1.165) is 70.0 Å². The minimum atomic E-state index is -1.88. The lowest BCUT2D eigenvalue weighted by Crippen LogP contribution is -2.95. The summed E-state index contributed by atoms with van der Waals surface area (Å²) in [6, 6.07) is 0.227. The van der Waals surface area contributed by atoms with Crippen molar-refractivity contribution in [2.24, 2.45) is 52.9 Å². The zero-order chi connectivity index (χ0) is 37.2. The predicted octanol–water partition coefficient (Wildman–Crippen LogP) is 0.100. The van der Waals surface area contributed by atoms with Crippen LogP contribution in [0.3, 0.4) is 0 Å². The quantitative estimate of drug-likeness (QED) is 0.0386. The Balaban J connectivity index is 1.26. The molecule has 0 amide bonds. The third-order valence-electron chi connectivity index (χ3n) is 13.3. The van der Waals surface area contributed by atoms with Gasteiger partial charge in [0.25, 0.3) is 5.60 Å². The van der Waals surface area contributed by atoms with E-state index in [1.165, 1.54) is 5.57 Å². The van der Waals surface area contributed by atoms with Crippen molar-refractivity contribution in [3.8, 4) is 0 Å². The van der Waals surface area contributed by atoms with Gasteiger partial charge in [-0.15, -0.1) is 0 Å². The van der Waals surface area contributed by atoms with Gasteiger partial charge in [0.1, 0.15) is 18.8 Å². The van der Waals surface area contributed by atoms with Gasteiger partial charge in [-0.05, 0) is 81.8 Å². The lowest BCUT2D eigenvalue weighted by atomic mass is 9.57. The van der Waals surface area contributed by atoms with E-state index in [1.54, 1.807) is 7.05 Å². The summed E-state index contributed by atoms with van der Waals surface area (Å²) in [5, 5.41) is 7.94. The summed E-state index contributed by atoms with van der Waals surface area (Å²) in [5.41, 5.74) is 11.6. The van der Waals surface area contributed by atoms with E-state index in [1.807, 2.05) is 13.0 Å². The number of guanidine groups is 1. The molecule has 2 saturated carbocycles. The van der Waals surface area contributed by atoms with Crippen LogP contribution in [0, 0.1) is 41.4 Å². The first-order valence-corrected chi connectivity index (χ1v) is 20.4. The van der Waals surface area contributed by atoms with Crippen LogP contribution in [0.2, 0.25) is 0 Å². The Bertz CT molecular complexity index is 1470. The van der Waals surface area contributed by atoms with Gasteiger partial charge in [0.2, 0.25) is 0 Å². The van der Waals surface area contributed by atoms with Crippen LogP contribution in [0.15, 0.2) is 35.5 Å². The first kappa shape index (κ1) is 38.9. The van der Waals surface area contributed by atoms with Crippen molar-refractivity contribution in [1.29, 1.82) is 0 Å². The van der Waals surface area contributed by atoms with Crippen LogP contribution in [-0.2, 0) is 23.9 Å². The number of allylic oxidation sites excluding steroid dienone is 3. The first-order chi connectivity index (χ1) is 24.9. The van der Waals surface area contributed by atoms with Crippen molar-refractivity contribution in [2.75, 3.05) is 26.7 Å². The molecule has 11 atom stereocenters. The molecule has 11 unspecified atom stereocenters. The third kappa shape index (κ3) is 7.57. The molecule has 0 bridgehead atoms. The number of carbonyl (C=O) groups excluding carboxylic acids is 3. The number of quaternary nitrogens is 2. The summed E-state index contributed by atoms with van der Waals surface area (Å²) in [5.74, 6) is -0.0591. The second-order valence-corrected chi connectivity index (χ2v) is 17.3. The molecule has 2 heterocycles. The standard InChI is InChI=1S/C41H64N6O5/c1-6-45-32-21-27-11-8-7-10-26(27)20-30(32)23-51-38(50)41-37(49)35-29(18-24(2)3)12-9-13-31(35)36(48)40(41,52-41)16-14-25(4)19-33(47-39(43)44-5)28-15-17-46-34(42)22-28/h8,11,14,21,24,26,28-35,45-46H,6-7,9-10,12-13,15-20,22-23,42H2,1-5H3,(H3,43,44,47)/p+3. The van der Waals surface area contributed by atoms with Gasteiger partial charge < -0.3 is 20.1 Å². The summed E-state index contributed by atoms with van der Waals surface area (Å²) in [4.78, 5) is 47.1. The van der Waals surface area contributed by atoms with Gasteiger partial charge in [-0.25, -0.2) is 4.79 Å². The number of piperidine rings is 1. The largest absolute Gasteiger partial charge is 0.463 e. The Morgan fingerprint density at radius 3 is 2.73 bits per heavy atom. The third-order valence-corrected chi connectivity index (χ3v) is 13.3. The van der Waals surface area contributed by atoms with Gasteiger partial charge in [0.05, 0.1) is 26.2 Å². The van der Waals surface area contributed by atoms with Crippen LogP contribution in [0.1, 0.15) is 98.3 Å². The second kappa shape index (κ2) is 16.2. The number of fused-ring (bicyclic) bond motifs is 3. The van der Waals surface area contributed by atoms with Gasteiger partial charge in [0.15, 0.2) is 17.2 Å². The van der Waals surface area contributed by atoms with Crippen LogP contribution in [0.5, 0.6) is 0 Å². The minimum Gasteiger partial charge on any atom is -0.463 e. The van der Waals surface area contributed by atoms with Crippen LogP contribution < -0.4 is 32.4 Å². The normalized spacial score (nSPS) is 38.2. The molecule has 2 aliphatic heterocycles. The van der Waals surface area contributed by atoms with E-state index >= 15 is 0 Å². The lowest BCUT2D eigenvalue weighted by molar-refractivity contribution is -0.699. The number of nitrogens with two attached hydrogens (primary N) is 4. The molecule has 4 fully saturated rings. The zero-order valence-electron chi connectivity index (χ0n) is 32.3. The molecule has 288 valence electrons. The van der Waals surface area contributed by atoms with E-state index in [0.29, 0.717) is 36.6 Å². The van der Waals surface area contributed by atoms with E-state index in [-0.39, 0.29) is 54.7 Å². The highest BCUT2D eigenvalue weighted by atomic mass is 16.7. The number of hydrogen-bond acceptors (Lipinski definition) is 6. The molecule has 0 aromatic rings. The van der Waals surface area contributed by atoms with E-state index in [9.17, 15) is 14.4 Å². The van der Waals surface area contributed by atoms with Gasteiger partial charge >= 0.3 is 11.9 Å². The zero-order valence-corrected chi connectivity index (χ0v) is 32.3. The van der Waals surface area contributed by atoms with Crippen molar-refractivity contribution in [1.82, 2.24) is 5.32 Å². The fourth-order valence-corrected chi connectivity index (χ4v) is 10.6. The number of nitrogens with one attached hydrogen (secondary N) is 2. The summed E-state index contributed by atoms with van der Waals surface area (Å²) < 4.78 is 12.6. The van der Waals surface area contributed by atoms with Crippen molar-refractivity contribution in [3.63, 3.8) is 0 Å². The fraction of sp³-hybridized carbons (Fsp3) is 0.756. The summed E-state index contributed by atoms with van der Waals surface area (Å²) >= 11 is 0. The average molecular weight is 724 g/mol. The van der Waals surface area contributed by atoms with Gasteiger partial charge in [0, 0.05) is 49.4 Å². The number of ether oxygens (including phenoxy) is 2. The van der Waals surface area contributed by atoms with Crippen molar-refractivity contribution in [2.45, 2.75) is 128 Å². The smallest absolute Gasteiger partial charge is 0.350 e. The highest BCUT2D eigenvalue weighted by molar-refractivity contribution is 6.23. The molecule has 10 N–H and O–H groups in total. The Morgan fingerprint density at radius 1 is 1.19 bits per heavy atom. The number of carbonyl (C=O) groups is 3. The number of esters is 1. The maximum absolute atomic E-state index is 14.9. The molecule has 11 nitrogen and oxygen atoms in total. The molecule has 11 heteroatoms.